The van der Waals surface area contributed by atoms with Gasteiger partial charge < -0.3 is 4.74 Å². The second-order valence-corrected chi connectivity index (χ2v) is 4.32. The van der Waals surface area contributed by atoms with E-state index in [0.717, 1.165) is 0 Å². The van der Waals surface area contributed by atoms with Crippen LogP contribution in [0.3, 0.4) is 0 Å². The molecule has 0 N–H and O–H groups in total. The van der Waals surface area contributed by atoms with Crippen LogP contribution in [0, 0.1) is 41.7 Å². The molecule has 0 aliphatic heterocycles. The molecule has 0 aliphatic carbocycles. The van der Waals surface area contributed by atoms with Crippen LogP contribution in [0.1, 0.15) is 5.56 Å². The lowest BCUT2D eigenvalue weighted by Crippen LogP contribution is -2.01. The Hall–Kier alpha value is -4.07. The molecular weight excluding hydrogens is 324 g/mol. The Labute approximate surface area is 132 Å². The zero-order valence-corrected chi connectivity index (χ0v) is 11.6. The van der Waals surface area contributed by atoms with Crippen LogP contribution >= 0.6 is 0 Å². The number of non-ortho nitro benzene ring substituents is 1. The first kappa shape index (κ1) is 16.3. The Morgan fingerprint density at radius 3 is 1.75 bits per heavy atom. The predicted molar refractivity (Wildman–Crippen MR) is 77.6 cm³/mol. The molecule has 11 nitrogen and oxygen atoms in total. The SMILES string of the molecule is N#Cc1ccc(Oc2c([N+](=O)[O-])cc([N+](=O)[O-])cc2[N+](=O)[O-])cc1. The molecule has 0 unspecified atom stereocenters. The van der Waals surface area contributed by atoms with Gasteiger partial charge in [0.05, 0.1) is 38.5 Å². The minimum atomic E-state index is -1.01. The van der Waals surface area contributed by atoms with Crippen molar-refractivity contribution < 1.29 is 19.5 Å². The van der Waals surface area contributed by atoms with Crippen molar-refractivity contribution in [1.82, 2.24) is 0 Å². The van der Waals surface area contributed by atoms with Crippen molar-refractivity contribution in [2.75, 3.05) is 0 Å². The van der Waals surface area contributed by atoms with Crippen LogP contribution in [0.25, 0.3) is 0 Å². The quantitative estimate of drug-likeness (QED) is 0.596. The first-order valence-electron chi connectivity index (χ1n) is 6.12. The average molecular weight is 330 g/mol. The first-order chi connectivity index (χ1) is 11.3. The van der Waals surface area contributed by atoms with Gasteiger partial charge in [0.25, 0.3) is 11.4 Å². The maximum atomic E-state index is 11.1. The lowest BCUT2D eigenvalue weighted by atomic mass is 10.2. The maximum absolute atomic E-state index is 11.1. The summed E-state index contributed by atoms with van der Waals surface area (Å²) in [4.78, 5) is 30.0. The molecule has 2 rings (SSSR count). The van der Waals surface area contributed by atoms with Crippen LogP contribution in [-0.2, 0) is 0 Å². The minimum absolute atomic E-state index is 0.00551. The number of hydrogen-bond donors (Lipinski definition) is 0. The maximum Gasteiger partial charge on any atom is 0.325 e. The Kier molecular flexibility index (Phi) is 4.32. The summed E-state index contributed by atoms with van der Waals surface area (Å²) < 4.78 is 5.18. The second kappa shape index (κ2) is 6.36. The molecule has 0 heterocycles. The number of rotatable bonds is 5. The van der Waals surface area contributed by atoms with Gasteiger partial charge in [-0.1, -0.05) is 0 Å². The second-order valence-electron chi connectivity index (χ2n) is 4.32. The molecule has 120 valence electrons. The van der Waals surface area contributed by atoms with Crippen molar-refractivity contribution in [1.29, 1.82) is 5.26 Å². The molecule has 0 radical (unpaired) electrons. The zero-order valence-electron chi connectivity index (χ0n) is 11.6. The number of nitro benzene ring substituents is 3. The molecule has 0 aliphatic rings. The van der Waals surface area contributed by atoms with E-state index in [1.165, 1.54) is 24.3 Å². The molecule has 0 spiro atoms. The van der Waals surface area contributed by atoms with E-state index < -0.39 is 37.6 Å². The van der Waals surface area contributed by atoms with E-state index in [-0.39, 0.29) is 11.3 Å². The highest BCUT2D eigenvalue weighted by molar-refractivity contribution is 5.66. The van der Waals surface area contributed by atoms with Crippen LogP contribution in [0.4, 0.5) is 17.1 Å². The molecule has 24 heavy (non-hydrogen) atoms. The molecule has 0 bridgehead atoms. The fraction of sp³-hybridized carbons (Fsp3) is 0. The van der Waals surface area contributed by atoms with E-state index in [9.17, 15) is 30.3 Å². The van der Waals surface area contributed by atoms with Crippen LogP contribution in [-0.4, -0.2) is 14.8 Å². The minimum Gasteiger partial charge on any atom is -0.444 e. The van der Waals surface area contributed by atoms with Gasteiger partial charge in [-0.15, -0.1) is 0 Å². The number of hydrogen-bond acceptors (Lipinski definition) is 8. The van der Waals surface area contributed by atoms with Crippen LogP contribution in [0.2, 0.25) is 0 Å². The van der Waals surface area contributed by atoms with Crippen molar-refractivity contribution in [3.63, 3.8) is 0 Å². The fourth-order valence-corrected chi connectivity index (χ4v) is 1.78. The zero-order chi connectivity index (χ0) is 17.9. The van der Waals surface area contributed by atoms with E-state index >= 15 is 0 Å². The van der Waals surface area contributed by atoms with Gasteiger partial charge in [0.2, 0.25) is 0 Å². The lowest BCUT2D eigenvalue weighted by molar-refractivity contribution is -0.404. The van der Waals surface area contributed by atoms with E-state index in [1.54, 1.807) is 0 Å². The van der Waals surface area contributed by atoms with Crippen LogP contribution < -0.4 is 4.74 Å². The van der Waals surface area contributed by atoms with Gasteiger partial charge in [-0.2, -0.15) is 5.26 Å². The number of ether oxygens (including phenoxy) is 1. The molecule has 0 fully saturated rings. The molecule has 0 aromatic heterocycles. The van der Waals surface area contributed by atoms with E-state index in [1.807, 2.05) is 6.07 Å². The Balaban J connectivity index is 2.61. The summed E-state index contributed by atoms with van der Waals surface area (Å²) in [6.07, 6.45) is 0. The highest BCUT2D eigenvalue weighted by atomic mass is 16.6. The lowest BCUT2D eigenvalue weighted by Gasteiger charge is -2.07. The third-order valence-electron chi connectivity index (χ3n) is 2.84. The average Bonchev–Trinajstić information content (AvgIpc) is 2.54. The van der Waals surface area contributed by atoms with E-state index in [2.05, 4.69) is 0 Å². The Morgan fingerprint density at radius 1 is 0.875 bits per heavy atom. The molecular formula is C13H6N4O7. The van der Waals surface area contributed by atoms with Gasteiger partial charge >= 0.3 is 11.4 Å². The van der Waals surface area contributed by atoms with Crippen LogP contribution in [0.15, 0.2) is 36.4 Å². The van der Waals surface area contributed by atoms with Crippen molar-refractivity contribution in [2.24, 2.45) is 0 Å². The number of nitriles is 1. The Morgan fingerprint density at radius 2 is 1.38 bits per heavy atom. The number of benzene rings is 2. The molecule has 2 aromatic rings. The normalized spacial score (nSPS) is 9.79. The molecule has 0 saturated carbocycles. The third-order valence-corrected chi connectivity index (χ3v) is 2.84. The molecule has 0 atom stereocenters. The van der Waals surface area contributed by atoms with Gasteiger partial charge in [0.1, 0.15) is 5.75 Å². The molecule has 0 saturated heterocycles. The monoisotopic (exact) mass is 330 g/mol. The van der Waals surface area contributed by atoms with Crippen molar-refractivity contribution in [3.05, 3.63) is 72.3 Å². The predicted octanol–water partition coefficient (Wildman–Crippen LogP) is 3.08. The summed E-state index contributed by atoms with van der Waals surface area (Å²) in [6.45, 7) is 0. The van der Waals surface area contributed by atoms with Gasteiger partial charge in [0.15, 0.2) is 0 Å². The van der Waals surface area contributed by atoms with E-state index in [4.69, 9.17) is 10.00 Å². The van der Waals surface area contributed by atoms with Gasteiger partial charge in [-0.25, -0.2) is 0 Å². The first-order valence-corrected chi connectivity index (χ1v) is 6.12. The molecule has 11 heteroatoms. The van der Waals surface area contributed by atoms with Crippen molar-refractivity contribution >= 4 is 17.1 Å². The standard InChI is InChI=1S/C13H6N4O7/c14-7-8-1-3-10(4-2-8)24-13-11(16(20)21)5-9(15(18)19)6-12(13)17(22)23/h1-6H. The summed E-state index contributed by atoms with van der Waals surface area (Å²) >= 11 is 0. The summed E-state index contributed by atoms with van der Waals surface area (Å²) in [5, 5.41) is 41.7. The third kappa shape index (κ3) is 3.22. The van der Waals surface area contributed by atoms with Crippen molar-refractivity contribution in [3.8, 4) is 17.6 Å². The highest BCUT2D eigenvalue weighted by Gasteiger charge is 2.32. The molecule has 0 amide bonds. The Bertz CT molecular complexity index is 851. The van der Waals surface area contributed by atoms with Crippen molar-refractivity contribution in [2.45, 2.75) is 0 Å². The fourth-order valence-electron chi connectivity index (χ4n) is 1.78. The van der Waals surface area contributed by atoms with Gasteiger partial charge in [0, 0.05) is 0 Å². The van der Waals surface area contributed by atoms with Crippen LogP contribution in [0.5, 0.6) is 11.5 Å². The largest absolute Gasteiger partial charge is 0.444 e. The smallest absolute Gasteiger partial charge is 0.325 e. The topological polar surface area (TPSA) is 162 Å². The summed E-state index contributed by atoms with van der Waals surface area (Å²) in [5.74, 6) is -0.741. The summed E-state index contributed by atoms with van der Waals surface area (Å²) in [6, 6.07) is 8.26. The van der Waals surface area contributed by atoms with E-state index in [0.29, 0.717) is 12.1 Å². The van der Waals surface area contributed by atoms with Gasteiger partial charge in [-0.3, -0.25) is 30.3 Å². The summed E-state index contributed by atoms with van der Waals surface area (Å²) in [5.41, 5.74) is -2.35. The molecule has 2 aromatic carbocycles. The number of nitrogens with zero attached hydrogens (tertiary/aromatic N) is 4. The highest BCUT2D eigenvalue weighted by Crippen LogP contribution is 2.42. The van der Waals surface area contributed by atoms with Gasteiger partial charge in [-0.05, 0) is 24.3 Å². The summed E-state index contributed by atoms with van der Waals surface area (Å²) in [7, 11) is 0. The number of nitro groups is 3.